The van der Waals surface area contributed by atoms with E-state index in [4.69, 9.17) is 0 Å². The van der Waals surface area contributed by atoms with Crippen molar-refractivity contribution in [2.24, 2.45) is 5.92 Å². The highest BCUT2D eigenvalue weighted by atomic mass is 16.2. The summed E-state index contributed by atoms with van der Waals surface area (Å²) in [6.07, 6.45) is 6.62. The zero-order chi connectivity index (χ0) is 15.4. The quantitative estimate of drug-likeness (QED) is 0.796. The molecule has 0 radical (unpaired) electrons. The van der Waals surface area contributed by atoms with Gasteiger partial charge < -0.3 is 9.80 Å². The highest BCUT2D eigenvalue weighted by Crippen LogP contribution is 2.21. The Morgan fingerprint density at radius 1 is 1.09 bits per heavy atom. The second kappa shape index (κ2) is 6.77. The minimum Gasteiger partial charge on any atom is -0.339 e. The molecule has 4 nitrogen and oxygen atoms in total. The Morgan fingerprint density at radius 3 is 2.50 bits per heavy atom. The third kappa shape index (κ3) is 3.38. The van der Waals surface area contributed by atoms with Crippen LogP contribution in [0, 0.1) is 5.92 Å². The van der Waals surface area contributed by atoms with E-state index in [2.05, 4.69) is 24.3 Å². The summed E-state index contributed by atoms with van der Waals surface area (Å²) >= 11 is 0. The van der Waals surface area contributed by atoms with E-state index in [0.29, 0.717) is 13.1 Å². The zero-order valence-corrected chi connectivity index (χ0v) is 12.8. The Morgan fingerprint density at radius 2 is 1.82 bits per heavy atom. The molecule has 0 saturated carbocycles. The van der Waals surface area contributed by atoms with Crippen LogP contribution in [0.25, 0.3) is 0 Å². The van der Waals surface area contributed by atoms with Crippen molar-refractivity contribution >= 4 is 11.8 Å². The summed E-state index contributed by atoms with van der Waals surface area (Å²) in [5.41, 5.74) is 1.24. The van der Waals surface area contributed by atoms with E-state index in [0.717, 1.165) is 25.8 Å². The summed E-state index contributed by atoms with van der Waals surface area (Å²) < 4.78 is 0. The summed E-state index contributed by atoms with van der Waals surface area (Å²) in [6.45, 7) is 2.29. The molecule has 1 aromatic rings. The fraction of sp³-hybridized carbons (Fsp3) is 0.444. The average molecular weight is 298 g/mol. The molecule has 1 fully saturated rings. The second-order valence-corrected chi connectivity index (χ2v) is 6.02. The van der Waals surface area contributed by atoms with Gasteiger partial charge >= 0.3 is 0 Å². The lowest BCUT2D eigenvalue weighted by Crippen LogP contribution is -2.53. The molecule has 4 heteroatoms. The van der Waals surface area contributed by atoms with E-state index in [9.17, 15) is 9.59 Å². The van der Waals surface area contributed by atoms with Crippen molar-refractivity contribution in [2.45, 2.75) is 19.3 Å². The van der Waals surface area contributed by atoms with Crippen molar-refractivity contribution in [2.75, 3.05) is 26.2 Å². The van der Waals surface area contributed by atoms with E-state index in [-0.39, 0.29) is 24.3 Å². The Hall–Kier alpha value is -2.10. The van der Waals surface area contributed by atoms with Crippen LogP contribution < -0.4 is 0 Å². The molecule has 22 heavy (non-hydrogen) atoms. The maximum absolute atomic E-state index is 12.3. The van der Waals surface area contributed by atoms with Gasteiger partial charge in [-0.2, -0.15) is 0 Å². The van der Waals surface area contributed by atoms with Crippen LogP contribution in [0.3, 0.4) is 0 Å². The van der Waals surface area contributed by atoms with Crippen LogP contribution >= 0.6 is 0 Å². The zero-order valence-electron chi connectivity index (χ0n) is 12.8. The first-order chi connectivity index (χ1) is 10.7. The molecular formula is C18H22N2O2. The standard InChI is InChI=1S/C18H22N2O2/c21-17-14-20(18(22)16-8-4-5-9-16)13-12-19(17)11-10-15-6-2-1-3-7-15/h1-7,16H,8-14H2. The number of carbonyl (C=O) groups is 2. The average Bonchev–Trinajstić information content (AvgIpc) is 3.08. The maximum Gasteiger partial charge on any atom is 0.242 e. The summed E-state index contributed by atoms with van der Waals surface area (Å²) in [5, 5.41) is 0. The third-order valence-corrected chi connectivity index (χ3v) is 4.50. The van der Waals surface area contributed by atoms with Gasteiger partial charge in [0.1, 0.15) is 0 Å². The molecule has 116 valence electrons. The van der Waals surface area contributed by atoms with Gasteiger partial charge in [0.25, 0.3) is 0 Å². The van der Waals surface area contributed by atoms with Gasteiger partial charge in [0, 0.05) is 25.6 Å². The van der Waals surface area contributed by atoms with Crippen molar-refractivity contribution in [3.05, 3.63) is 48.0 Å². The van der Waals surface area contributed by atoms with E-state index < -0.39 is 0 Å². The lowest BCUT2D eigenvalue weighted by Gasteiger charge is -2.35. The molecule has 1 heterocycles. The molecule has 0 atom stereocenters. The van der Waals surface area contributed by atoms with E-state index in [1.807, 2.05) is 23.1 Å². The van der Waals surface area contributed by atoms with Crippen molar-refractivity contribution in [1.29, 1.82) is 0 Å². The molecule has 2 aliphatic rings. The SMILES string of the molecule is O=C1CN(C(=O)C2CC=CC2)CCN1CCc1ccccc1. The number of allylic oxidation sites excluding steroid dienone is 2. The van der Waals surface area contributed by atoms with Gasteiger partial charge in [0.05, 0.1) is 6.54 Å². The molecule has 3 rings (SSSR count). The molecule has 0 spiro atoms. The lowest BCUT2D eigenvalue weighted by atomic mass is 10.1. The predicted molar refractivity (Wildman–Crippen MR) is 85.2 cm³/mol. The molecule has 1 aliphatic heterocycles. The van der Waals surface area contributed by atoms with Gasteiger partial charge in [-0.25, -0.2) is 0 Å². The highest BCUT2D eigenvalue weighted by Gasteiger charge is 2.31. The Bertz CT molecular complexity index is 560. The Labute approximate surface area is 131 Å². The topological polar surface area (TPSA) is 40.6 Å². The molecule has 0 N–H and O–H groups in total. The van der Waals surface area contributed by atoms with Gasteiger partial charge in [0.15, 0.2) is 0 Å². The van der Waals surface area contributed by atoms with Gasteiger partial charge in [-0.15, -0.1) is 0 Å². The largest absolute Gasteiger partial charge is 0.339 e. The maximum atomic E-state index is 12.3. The fourth-order valence-corrected chi connectivity index (χ4v) is 3.12. The third-order valence-electron chi connectivity index (χ3n) is 4.50. The molecule has 0 aromatic heterocycles. The van der Waals surface area contributed by atoms with E-state index in [1.54, 1.807) is 4.90 Å². The smallest absolute Gasteiger partial charge is 0.242 e. The normalized spacial score (nSPS) is 19.0. The molecule has 1 aliphatic carbocycles. The van der Waals surface area contributed by atoms with Crippen molar-refractivity contribution < 1.29 is 9.59 Å². The van der Waals surface area contributed by atoms with Crippen LogP contribution in [0.5, 0.6) is 0 Å². The first kappa shape index (κ1) is 14.8. The highest BCUT2D eigenvalue weighted by molar-refractivity contribution is 5.87. The number of amides is 2. The van der Waals surface area contributed by atoms with Crippen LogP contribution in [-0.2, 0) is 16.0 Å². The van der Waals surface area contributed by atoms with E-state index in [1.165, 1.54) is 5.56 Å². The number of piperazine rings is 1. The predicted octanol–water partition coefficient (Wildman–Crippen LogP) is 1.87. The number of hydrogen-bond donors (Lipinski definition) is 0. The first-order valence-corrected chi connectivity index (χ1v) is 7.99. The lowest BCUT2D eigenvalue weighted by molar-refractivity contribution is -0.147. The molecule has 0 unspecified atom stereocenters. The number of nitrogens with zero attached hydrogens (tertiary/aromatic N) is 2. The van der Waals surface area contributed by atoms with Gasteiger partial charge in [-0.1, -0.05) is 42.5 Å². The van der Waals surface area contributed by atoms with Gasteiger partial charge in [-0.05, 0) is 24.8 Å². The minimum atomic E-state index is 0.0590. The molecule has 2 amide bonds. The first-order valence-electron chi connectivity index (χ1n) is 7.99. The van der Waals surface area contributed by atoms with Crippen LogP contribution in [0.15, 0.2) is 42.5 Å². The number of carbonyl (C=O) groups excluding carboxylic acids is 2. The molecular weight excluding hydrogens is 276 g/mol. The van der Waals surface area contributed by atoms with Crippen molar-refractivity contribution in [1.82, 2.24) is 9.80 Å². The number of hydrogen-bond acceptors (Lipinski definition) is 2. The van der Waals surface area contributed by atoms with Crippen LogP contribution in [0.2, 0.25) is 0 Å². The summed E-state index contributed by atoms with van der Waals surface area (Å²) in [4.78, 5) is 28.2. The molecule has 1 aromatic carbocycles. The Kier molecular flexibility index (Phi) is 4.56. The minimum absolute atomic E-state index is 0.0590. The number of rotatable bonds is 4. The summed E-state index contributed by atoms with van der Waals surface area (Å²) in [7, 11) is 0. The number of benzene rings is 1. The van der Waals surface area contributed by atoms with Crippen LogP contribution in [0.4, 0.5) is 0 Å². The second-order valence-electron chi connectivity index (χ2n) is 6.02. The molecule has 1 saturated heterocycles. The summed E-state index contributed by atoms with van der Waals surface area (Å²) in [6, 6.07) is 10.2. The van der Waals surface area contributed by atoms with Crippen molar-refractivity contribution in [3.8, 4) is 0 Å². The fourth-order valence-electron chi connectivity index (χ4n) is 3.12. The van der Waals surface area contributed by atoms with Crippen molar-refractivity contribution in [3.63, 3.8) is 0 Å². The van der Waals surface area contributed by atoms with Crippen LogP contribution in [-0.4, -0.2) is 47.8 Å². The van der Waals surface area contributed by atoms with Gasteiger partial charge in [-0.3, -0.25) is 9.59 Å². The van der Waals surface area contributed by atoms with Crippen LogP contribution in [0.1, 0.15) is 18.4 Å². The Balaban J connectivity index is 1.49. The van der Waals surface area contributed by atoms with E-state index >= 15 is 0 Å². The molecule has 0 bridgehead atoms. The monoisotopic (exact) mass is 298 g/mol. The van der Waals surface area contributed by atoms with Gasteiger partial charge in [0.2, 0.25) is 11.8 Å². The summed E-state index contributed by atoms with van der Waals surface area (Å²) in [5.74, 6) is 0.270.